The molecule has 46 heavy (non-hydrogen) atoms. The van der Waals surface area contributed by atoms with Crippen molar-refractivity contribution in [2.24, 2.45) is 0 Å². The minimum Gasteiger partial charge on any atom is -0.382 e. The van der Waals surface area contributed by atoms with Crippen LogP contribution in [0.3, 0.4) is 0 Å². The van der Waals surface area contributed by atoms with Gasteiger partial charge in [-0.05, 0) is 63.4 Å². The molecule has 0 N–H and O–H groups in total. The number of ether oxygens (including phenoxy) is 2. The Morgan fingerprint density at radius 3 is 2.46 bits per heavy atom. The average Bonchev–Trinajstić information content (AvgIpc) is 3.59. The molecule has 5 aromatic rings. The number of sulfonamides is 1. The first-order chi connectivity index (χ1) is 22.0. The Hall–Kier alpha value is -3.91. The highest BCUT2D eigenvalue weighted by atomic mass is 32.2. The second kappa shape index (κ2) is 13.8. The number of anilines is 1. The maximum Gasteiger partial charge on any atom is 0.277 e. The highest BCUT2D eigenvalue weighted by Gasteiger charge is 2.34. The van der Waals surface area contributed by atoms with Crippen LogP contribution in [0.4, 0.5) is 10.2 Å². The van der Waals surface area contributed by atoms with Crippen LogP contribution in [0, 0.1) is 26.6 Å². The molecule has 0 unspecified atom stereocenters. The van der Waals surface area contributed by atoms with Gasteiger partial charge in [-0.1, -0.05) is 31.1 Å². The van der Waals surface area contributed by atoms with Gasteiger partial charge in [0.15, 0.2) is 5.82 Å². The molecule has 0 fully saturated rings. The van der Waals surface area contributed by atoms with E-state index in [9.17, 15) is 13.2 Å². The molecule has 0 saturated carbocycles. The van der Waals surface area contributed by atoms with E-state index in [0.717, 1.165) is 37.9 Å². The first kappa shape index (κ1) is 33.5. The standard InChI is InChI=1S/C33H37FN4O6S2/c1-7-24-17-30-26(29(8-2)35-24)11-12-31(39)37(30)18-23-9-10-25(28(34)16-23)27-15-20(3)45-33(27)46(40,41)38(19-43-14-13-42-6)32-21(4)22(5)44-36-32/h9-12,15-17H,7-8,13-14,18-19H2,1-6H3. The van der Waals surface area contributed by atoms with E-state index in [4.69, 9.17) is 19.0 Å². The van der Waals surface area contributed by atoms with Gasteiger partial charge in [-0.2, -0.15) is 0 Å². The van der Waals surface area contributed by atoms with Gasteiger partial charge in [0.2, 0.25) is 0 Å². The number of thiophene rings is 1. The van der Waals surface area contributed by atoms with E-state index < -0.39 is 15.8 Å². The summed E-state index contributed by atoms with van der Waals surface area (Å²) in [6.45, 7) is 9.41. The molecule has 244 valence electrons. The molecule has 4 aromatic heterocycles. The van der Waals surface area contributed by atoms with E-state index in [-0.39, 0.29) is 53.2 Å². The van der Waals surface area contributed by atoms with Gasteiger partial charge in [0.05, 0.1) is 25.3 Å². The molecule has 0 spiro atoms. The van der Waals surface area contributed by atoms with Crippen LogP contribution in [0.1, 0.15) is 47.0 Å². The minimum atomic E-state index is -4.28. The third-order valence-corrected chi connectivity index (χ3v) is 11.1. The number of rotatable bonds is 13. The predicted octanol–water partition coefficient (Wildman–Crippen LogP) is 6.17. The Morgan fingerprint density at radius 1 is 1.02 bits per heavy atom. The van der Waals surface area contributed by atoms with Crippen molar-refractivity contribution in [3.63, 3.8) is 0 Å². The van der Waals surface area contributed by atoms with Gasteiger partial charge in [-0.25, -0.2) is 17.1 Å². The van der Waals surface area contributed by atoms with Crippen LogP contribution in [0.25, 0.3) is 22.0 Å². The monoisotopic (exact) mass is 668 g/mol. The molecule has 4 heterocycles. The van der Waals surface area contributed by atoms with Crippen LogP contribution in [0.5, 0.6) is 0 Å². The Balaban J connectivity index is 1.54. The van der Waals surface area contributed by atoms with Gasteiger partial charge < -0.3 is 18.6 Å². The fraction of sp³-hybridized carbons (Fsp3) is 0.364. The fourth-order valence-electron chi connectivity index (χ4n) is 5.23. The predicted molar refractivity (Wildman–Crippen MR) is 177 cm³/mol. The van der Waals surface area contributed by atoms with Gasteiger partial charge in [0, 0.05) is 51.5 Å². The maximum atomic E-state index is 16.0. The average molecular weight is 669 g/mol. The molecule has 0 atom stereocenters. The van der Waals surface area contributed by atoms with Crippen LogP contribution in [-0.4, -0.2) is 50.2 Å². The van der Waals surface area contributed by atoms with Crippen molar-refractivity contribution in [1.29, 1.82) is 0 Å². The van der Waals surface area contributed by atoms with Crippen LogP contribution in [0.2, 0.25) is 0 Å². The smallest absolute Gasteiger partial charge is 0.277 e. The highest BCUT2D eigenvalue weighted by Crippen LogP contribution is 2.40. The summed E-state index contributed by atoms with van der Waals surface area (Å²) < 4.78 is 63.0. The SMILES string of the molecule is CCc1cc2c(ccc(=O)n2Cc2ccc(-c3cc(C)sc3S(=O)(=O)N(COCCOC)c3noc(C)c3C)c(F)c2)c(CC)n1. The van der Waals surface area contributed by atoms with Crippen molar-refractivity contribution in [1.82, 2.24) is 14.7 Å². The van der Waals surface area contributed by atoms with Gasteiger partial charge in [-0.3, -0.25) is 9.78 Å². The first-order valence-electron chi connectivity index (χ1n) is 14.9. The maximum absolute atomic E-state index is 16.0. The molecule has 0 saturated heterocycles. The molecule has 1 aromatic carbocycles. The number of benzene rings is 1. The first-order valence-corrected chi connectivity index (χ1v) is 17.2. The van der Waals surface area contributed by atoms with E-state index in [2.05, 4.69) is 5.16 Å². The molecule has 10 nitrogen and oxygen atoms in total. The van der Waals surface area contributed by atoms with Crippen LogP contribution in [-0.2, 0) is 38.9 Å². The summed E-state index contributed by atoms with van der Waals surface area (Å²) in [6.07, 6.45) is 1.43. The molecule has 0 radical (unpaired) electrons. The Labute approximate surface area is 271 Å². The lowest BCUT2D eigenvalue weighted by molar-refractivity contribution is 0.0753. The van der Waals surface area contributed by atoms with Crippen molar-refractivity contribution < 1.29 is 26.8 Å². The second-order valence-electron chi connectivity index (χ2n) is 10.9. The van der Waals surface area contributed by atoms with E-state index in [1.807, 2.05) is 19.9 Å². The lowest BCUT2D eigenvalue weighted by Gasteiger charge is -2.22. The van der Waals surface area contributed by atoms with Gasteiger partial charge in [0.25, 0.3) is 15.6 Å². The van der Waals surface area contributed by atoms with Crippen LogP contribution in [0.15, 0.2) is 56.0 Å². The summed E-state index contributed by atoms with van der Waals surface area (Å²) >= 11 is 1.03. The van der Waals surface area contributed by atoms with Crippen molar-refractivity contribution >= 4 is 38.1 Å². The summed E-state index contributed by atoms with van der Waals surface area (Å²) in [7, 11) is -2.76. The molecule has 0 amide bonds. The number of nitrogens with zero attached hydrogens (tertiary/aromatic N) is 4. The van der Waals surface area contributed by atoms with Crippen LogP contribution < -0.4 is 9.86 Å². The zero-order valence-electron chi connectivity index (χ0n) is 26.7. The second-order valence-corrected chi connectivity index (χ2v) is 14.2. The van der Waals surface area contributed by atoms with Crippen molar-refractivity contribution in [2.45, 2.75) is 58.2 Å². The summed E-state index contributed by atoms with van der Waals surface area (Å²) in [5.74, 6) is -0.0489. The van der Waals surface area contributed by atoms with Gasteiger partial charge in [0.1, 0.15) is 22.5 Å². The van der Waals surface area contributed by atoms with E-state index >= 15 is 4.39 Å². The number of aromatic nitrogens is 3. The summed E-state index contributed by atoms with van der Waals surface area (Å²) in [5.41, 5.74) is 3.76. The lowest BCUT2D eigenvalue weighted by Crippen LogP contribution is -2.34. The third-order valence-electron chi connectivity index (χ3n) is 7.83. The molecule has 0 aliphatic carbocycles. The largest absolute Gasteiger partial charge is 0.382 e. The van der Waals surface area contributed by atoms with Crippen molar-refractivity contribution in [2.75, 3.05) is 31.4 Å². The molecule has 0 aliphatic rings. The topological polar surface area (TPSA) is 117 Å². The van der Waals surface area contributed by atoms with E-state index in [1.165, 1.54) is 19.2 Å². The van der Waals surface area contributed by atoms with Gasteiger partial charge in [-0.15, -0.1) is 11.3 Å². The molecular weight excluding hydrogens is 632 g/mol. The summed E-state index contributed by atoms with van der Waals surface area (Å²) in [4.78, 5) is 18.4. The zero-order chi connectivity index (χ0) is 33.2. The van der Waals surface area contributed by atoms with Gasteiger partial charge >= 0.3 is 0 Å². The van der Waals surface area contributed by atoms with E-state index in [1.54, 1.807) is 49.6 Å². The number of hydrogen-bond donors (Lipinski definition) is 0. The molecular formula is C33H37FN4O6S2. The number of pyridine rings is 2. The van der Waals surface area contributed by atoms with Crippen LogP contribution >= 0.6 is 11.3 Å². The minimum absolute atomic E-state index is 0.0518. The summed E-state index contributed by atoms with van der Waals surface area (Å²) in [6, 6.07) is 11.5. The number of halogens is 1. The molecule has 5 rings (SSSR count). The number of fused-ring (bicyclic) bond motifs is 1. The lowest BCUT2D eigenvalue weighted by atomic mass is 10.0. The quantitative estimate of drug-likeness (QED) is 0.108. The fourth-order valence-corrected chi connectivity index (χ4v) is 8.33. The van der Waals surface area contributed by atoms with E-state index in [0.29, 0.717) is 34.6 Å². The normalized spacial score (nSPS) is 11.9. The highest BCUT2D eigenvalue weighted by molar-refractivity contribution is 7.95. The third kappa shape index (κ3) is 6.50. The molecule has 13 heteroatoms. The molecule has 0 bridgehead atoms. The number of aryl methyl sites for hydroxylation is 4. The number of hydrogen-bond acceptors (Lipinski definition) is 9. The Bertz CT molecular complexity index is 2050. The van der Waals surface area contributed by atoms with Crippen molar-refractivity contribution in [3.05, 3.63) is 91.8 Å². The number of methoxy groups -OCH3 is 1. The molecule has 0 aliphatic heterocycles. The zero-order valence-corrected chi connectivity index (χ0v) is 28.3. The Kier molecular flexibility index (Phi) is 10.1. The summed E-state index contributed by atoms with van der Waals surface area (Å²) in [5, 5.41) is 4.88. The Morgan fingerprint density at radius 2 is 1.80 bits per heavy atom. The van der Waals surface area contributed by atoms with Crippen molar-refractivity contribution in [3.8, 4) is 11.1 Å².